The molecule has 0 aromatic carbocycles. The summed E-state index contributed by atoms with van der Waals surface area (Å²) in [5.74, 6) is -0.449. The average molecular weight is 314 g/mol. The summed E-state index contributed by atoms with van der Waals surface area (Å²) < 4.78 is 6.69. The van der Waals surface area contributed by atoms with Gasteiger partial charge in [-0.05, 0) is 32.8 Å². The Balaban J connectivity index is 2.25. The number of hydrogen-bond donors (Lipinski definition) is 0. The molecule has 5 nitrogen and oxygen atoms in total. The highest BCUT2D eigenvalue weighted by Gasteiger charge is 2.22. The number of aryl methyl sites for hydroxylation is 2. The number of carbonyl (C=O) groups excluding carboxylic acids is 1. The lowest BCUT2D eigenvalue weighted by Gasteiger charge is -2.24. The fourth-order valence-electron chi connectivity index (χ4n) is 3.67. The van der Waals surface area contributed by atoms with Crippen molar-refractivity contribution in [2.75, 3.05) is 7.11 Å². The number of rotatable bonds is 2. The van der Waals surface area contributed by atoms with Gasteiger partial charge in [0, 0.05) is 17.6 Å². The van der Waals surface area contributed by atoms with Crippen LogP contribution < -0.4 is 5.56 Å². The second-order valence-corrected chi connectivity index (χ2v) is 6.26. The smallest absolute Gasteiger partial charge is 0.340 e. The summed E-state index contributed by atoms with van der Waals surface area (Å²) in [6.45, 7) is 3.59. The van der Waals surface area contributed by atoms with Crippen LogP contribution in [-0.4, -0.2) is 22.6 Å². The third-order valence-electron chi connectivity index (χ3n) is 4.81. The summed E-state index contributed by atoms with van der Waals surface area (Å²) in [6.07, 6.45) is 7.46. The van der Waals surface area contributed by atoms with Gasteiger partial charge in [-0.2, -0.15) is 0 Å². The van der Waals surface area contributed by atoms with Gasteiger partial charge >= 0.3 is 5.97 Å². The number of ether oxygens (including phenoxy) is 1. The lowest BCUT2D eigenvalue weighted by Crippen LogP contribution is -2.27. The van der Waals surface area contributed by atoms with E-state index < -0.39 is 5.97 Å². The summed E-state index contributed by atoms with van der Waals surface area (Å²) in [5.41, 5.74) is 1.60. The van der Waals surface area contributed by atoms with Gasteiger partial charge < -0.3 is 9.30 Å². The molecule has 0 spiro atoms. The Labute approximate surface area is 135 Å². The van der Waals surface area contributed by atoms with Gasteiger partial charge in [0.25, 0.3) is 5.56 Å². The Bertz CT molecular complexity index is 817. The Morgan fingerprint density at radius 3 is 2.57 bits per heavy atom. The normalized spacial score (nSPS) is 15.8. The lowest BCUT2D eigenvalue weighted by molar-refractivity contribution is 0.0601. The standard InChI is InChI=1S/C18H22N2O3/c1-11-15-14(16(12(2)19-11)18(22)23-3)9-10-20(17(15)21)13-7-5-4-6-8-13/h9-10,13H,4-8H2,1-3H3. The topological polar surface area (TPSA) is 61.2 Å². The molecule has 0 atom stereocenters. The van der Waals surface area contributed by atoms with Gasteiger partial charge in [-0.25, -0.2) is 4.79 Å². The van der Waals surface area contributed by atoms with Crippen LogP contribution in [0.3, 0.4) is 0 Å². The summed E-state index contributed by atoms with van der Waals surface area (Å²) in [6, 6.07) is 2.11. The van der Waals surface area contributed by atoms with E-state index in [-0.39, 0.29) is 11.6 Å². The fraction of sp³-hybridized carbons (Fsp3) is 0.500. The van der Waals surface area contributed by atoms with Crippen molar-refractivity contribution in [3.63, 3.8) is 0 Å². The zero-order valence-corrected chi connectivity index (χ0v) is 13.9. The van der Waals surface area contributed by atoms with Gasteiger partial charge in [0.05, 0.1) is 29.4 Å². The van der Waals surface area contributed by atoms with Crippen LogP contribution in [0.5, 0.6) is 0 Å². The average Bonchev–Trinajstić information content (AvgIpc) is 2.55. The second kappa shape index (κ2) is 6.14. The first-order valence-electron chi connectivity index (χ1n) is 8.15. The first kappa shape index (κ1) is 15.7. The predicted octanol–water partition coefficient (Wildman–Crippen LogP) is 3.31. The van der Waals surface area contributed by atoms with Crippen molar-refractivity contribution in [1.29, 1.82) is 0 Å². The quantitative estimate of drug-likeness (QED) is 0.798. The van der Waals surface area contributed by atoms with Crippen molar-refractivity contribution >= 4 is 16.7 Å². The third kappa shape index (κ3) is 2.64. The fourth-order valence-corrected chi connectivity index (χ4v) is 3.67. The van der Waals surface area contributed by atoms with Gasteiger partial charge in [0.2, 0.25) is 0 Å². The number of aromatic nitrogens is 2. The first-order chi connectivity index (χ1) is 11.0. The number of hydrogen-bond acceptors (Lipinski definition) is 4. The van der Waals surface area contributed by atoms with E-state index in [0.717, 1.165) is 25.7 Å². The third-order valence-corrected chi connectivity index (χ3v) is 4.81. The van der Waals surface area contributed by atoms with Gasteiger partial charge in [-0.3, -0.25) is 9.78 Å². The summed E-state index contributed by atoms with van der Waals surface area (Å²) >= 11 is 0. The van der Waals surface area contributed by atoms with Crippen LogP contribution >= 0.6 is 0 Å². The van der Waals surface area contributed by atoms with Gasteiger partial charge in [-0.1, -0.05) is 19.3 Å². The van der Waals surface area contributed by atoms with Crippen molar-refractivity contribution in [3.8, 4) is 0 Å². The van der Waals surface area contributed by atoms with Crippen molar-refractivity contribution in [3.05, 3.63) is 39.6 Å². The molecule has 0 N–H and O–H groups in total. The minimum Gasteiger partial charge on any atom is -0.465 e. The highest BCUT2D eigenvalue weighted by Crippen LogP contribution is 2.28. The number of methoxy groups -OCH3 is 1. The van der Waals surface area contributed by atoms with E-state index in [1.165, 1.54) is 13.5 Å². The number of esters is 1. The van der Waals surface area contributed by atoms with Gasteiger partial charge in [0.15, 0.2) is 0 Å². The van der Waals surface area contributed by atoms with E-state index in [4.69, 9.17) is 4.74 Å². The SMILES string of the molecule is COC(=O)c1c(C)nc(C)c2c(=O)n(C3CCCCC3)ccc12. The number of fused-ring (bicyclic) bond motifs is 1. The molecule has 1 aliphatic rings. The Hall–Kier alpha value is -2.17. The monoisotopic (exact) mass is 314 g/mol. The van der Waals surface area contributed by atoms with E-state index in [2.05, 4.69) is 4.98 Å². The maximum atomic E-state index is 13.0. The van der Waals surface area contributed by atoms with Crippen molar-refractivity contribution in [2.45, 2.75) is 52.0 Å². The lowest BCUT2D eigenvalue weighted by atomic mass is 9.94. The van der Waals surface area contributed by atoms with Crippen LogP contribution in [0.25, 0.3) is 10.8 Å². The summed E-state index contributed by atoms with van der Waals surface area (Å²) in [7, 11) is 1.34. The molecule has 2 heterocycles. The highest BCUT2D eigenvalue weighted by molar-refractivity contribution is 6.05. The molecule has 23 heavy (non-hydrogen) atoms. The van der Waals surface area contributed by atoms with Crippen molar-refractivity contribution < 1.29 is 9.53 Å². The van der Waals surface area contributed by atoms with Gasteiger partial charge in [0.1, 0.15) is 0 Å². The summed E-state index contributed by atoms with van der Waals surface area (Å²) in [5, 5.41) is 1.17. The molecular weight excluding hydrogens is 292 g/mol. The molecule has 3 rings (SSSR count). The minimum atomic E-state index is -0.449. The highest BCUT2D eigenvalue weighted by atomic mass is 16.5. The van der Waals surface area contributed by atoms with Crippen LogP contribution in [0, 0.1) is 13.8 Å². The molecule has 5 heteroatoms. The van der Waals surface area contributed by atoms with Crippen molar-refractivity contribution in [1.82, 2.24) is 9.55 Å². The van der Waals surface area contributed by atoms with Crippen LogP contribution in [0.15, 0.2) is 17.1 Å². The Morgan fingerprint density at radius 1 is 1.22 bits per heavy atom. The number of nitrogens with zero attached hydrogens (tertiary/aromatic N) is 2. The minimum absolute atomic E-state index is 0.0513. The Morgan fingerprint density at radius 2 is 1.91 bits per heavy atom. The molecule has 2 aromatic heterocycles. The molecule has 1 saturated carbocycles. The largest absolute Gasteiger partial charge is 0.465 e. The van der Waals surface area contributed by atoms with Crippen LogP contribution in [0.2, 0.25) is 0 Å². The van der Waals surface area contributed by atoms with Gasteiger partial charge in [-0.15, -0.1) is 0 Å². The molecule has 1 aliphatic carbocycles. The molecule has 0 aliphatic heterocycles. The number of pyridine rings is 2. The molecule has 0 bridgehead atoms. The molecule has 1 fully saturated rings. The van der Waals surface area contributed by atoms with Crippen LogP contribution in [-0.2, 0) is 4.74 Å². The Kier molecular flexibility index (Phi) is 4.20. The summed E-state index contributed by atoms with van der Waals surface area (Å²) in [4.78, 5) is 29.5. The number of carbonyl (C=O) groups is 1. The van der Waals surface area contributed by atoms with Crippen LogP contribution in [0.1, 0.15) is 59.9 Å². The van der Waals surface area contributed by atoms with Crippen molar-refractivity contribution in [2.24, 2.45) is 0 Å². The zero-order valence-electron chi connectivity index (χ0n) is 13.9. The predicted molar refractivity (Wildman–Crippen MR) is 88.9 cm³/mol. The maximum absolute atomic E-state index is 13.0. The molecule has 0 unspecified atom stereocenters. The maximum Gasteiger partial charge on any atom is 0.340 e. The van der Waals surface area contributed by atoms with Crippen LogP contribution in [0.4, 0.5) is 0 Å². The van der Waals surface area contributed by atoms with E-state index >= 15 is 0 Å². The first-order valence-corrected chi connectivity index (χ1v) is 8.15. The molecule has 0 saturated heterocycles. The molecule has 0 amide bonds. The molecule has 122 valence electrons. The van der Waals surface area contributed by atoms with E-state index in [1.54, 1.807) is 6.92 Å². The molecule has 0 radical (unpaired) electrons. The molecular formula is C18H22N2O3. The van der Waals surface area contributed by atoms with E-state index in [0.29, 0.717) is 27.7 Å². The van der Waals surface area contributed by atoms with E-state index in [1.807, 2.05) is 23.8 Å². The second-order valence-electron chi connectivity index (χ2n) is 6.26. The molecule has 2 aromatic rings. The van der Waals surface area contributed by atoms with E-state index in [9.17, 15) is 9.59 Å². The zero-order chi connectivity index (χ0) is 16.6.